The Morgan fingerprint density at radius 1 is 1.10 bits per heavy atom. The van der Waals surface area contributed by atoms with Gasteiger partial charge in [-0.15, -0.1) is 5.10 Å². The fourth-order valence-electron chi connectivity index (χ4n) is 1.91. The van der Waals surface area contributed by atoms with Crippen LogP contribution in [0.3, 0.4) is 0 Å². The lowest BCUT2D eigenvalue weighted by Gasteiger charge is -2.26. The summed E-state index contributed by atoms with van der Waals surface area (Å²) in [6.07, 6.45) is -4.61. The number of nitrogens with zero attached hydrogens (tertiary/aromatic N) is 3. The molecule has 0 atom stereocenters. The lowest BCUT2D eigenvalue weighted by Crippen LogP contribution is -2.40. The molecular formula is C16H15F4N3O6S. The minimum Gasteiger partial charge on any atom is -0.473 e. The molecule has 0 aliphatic rings. The third-order valence-electron chi connectivity index (χ3n) is 3.04. The lowest BCUT2D eigenvalue weighted by molar-refractivity contribution is -0.159. The number of carbonyl (C=O) groups excluding carboxylic acids is 1. The van der Waals surface area contributed by atoms with Crippen LogP contribution in [-0.2, 0) is 20.6 Å². The molecule has 1 heterocycles. The Hall–Kier alpha value is -3.29. The Labute approximate surface area is 170 Å². The number of carbonyl (C=O) groups is 3. The maximum Gasteiger partial charge on any atom is 0.445 e. The van der Waals surface area contributed by atoms with E-state index in [4.69, 9.17) is 24.5 Å². The van der Waals surface area contributed by atoms with Crippen LogP contribution in [0.5, 0.6) is 5.19 Å². The van der Waals surface area contributed by atoms with E-state index < -0.39 is 41.5 Å². The first-order valence-electron chi connectivity index (χ1n) is 7.90. The van der Waals surface area contributed by atoms with E-state index in [9.17, 15) is 22.4 Å². The zero-order valence-corrected chi connectivity index (χ0v) is 16.2. The number of halogens is 4. The van der Waals surface area contributed by atoms with Crippen molar-refractivity contribution in [3.8, 4) is 5.19 Å². The zero-order valence-electron chi connectivity index (χ0n) is 15.4. The molecule has 0 radical (unpaired) electrons. The molecular weight excluding hydrogens is 438 g/mol. The van der Waals surface area contributed by atoms with Gasteiger partial charge in [-0.1, -0.05) is 16.4 Å². The van der Waals surface area contributed by atoms with Gasteiger partial charge in [-0.2, -0.15) is 13.2 Å². The smallest absolute Gasteiger partial charge is 0.445 e. The SMILES string of the molecule is CC(C)N(C(=O)COc1nnc(C(F)(F)F)s1)c1ccc(F)cc1.O=C(O)C(=O)O. The van der Waals surface area contributed by atoms with Crippen LogP contribution in [0.1, 0.15) is 18.9 Å². The van der Waals surface area contributed by atoms with E-state index in [2.05, 4.69) is 10.2 Å². The van der Waals surface area contributed by atoms with E-state index in [1.165, 1.54) is 29.2 Å². The Balaban J connectivity index is 0.000000656. The van der Waals surface area contributed by atoms with Gasteiger partial charge < -0.3 is 19.8 Å². The van der Waals surface area contributed by atoms with Gasteiger partial charge in [0, 0.05) is 11.7 Å². The number of aliphatic carboxylic acids is 2. The number of hydrogen-bond donors (Lipinski definition) is 2. The van der Waals surface area contributed by atoms with Crippen molar-refractivity contribution >= 4 is 34.9 Å². The maximum absolute atomic E-state index is 13.0. The molecule has 0 unspecified atom stereocenters. The minimum atomic E-state index is -4.61. The molecule has 0 spiro atoms. The summed E-state index contributed by atoms with van der Waals surface area (Å²) >= 11 is 0.210. The topological polar surface area (TPSA) is 130 Å². The number of carboxylic acid groups (broad SMARTS) is 2. The van der Waals surface area contributed by atoms with E-state index in [0.29, 0.717) is 5.69 Å². The first kappa shape index (κ1) is 24.7. The number of alkyl halides is 3. The van der Waals surface area contributed by atoms with Crippen molar-refractivity contribution in [1.29, 1.82) is 0 Å². The zero-order chi connectivity index (χ0) is 23.1. The first-order chi connectivity index (χ1) is 13.8. The van der Waals surface area contributed by atoms with Crippen molar-refractivity contribution in [3.63, 3.8) is 0 Å². The van der Waals surface area contributed by atoms with Crippen molar-refractivity contribution in [1.82, 2.24) is 10.2 Å². The number of benzene rings is 1. The number of aromatic nitrogens is 2. The maximum atomic E-state index is 13.0. The van der Waals surface area contributed by atoms with Crippen molar-refractivity contribution < 1.29 is 46.9 Å². The van der Waals surface area contributed by atoms with Gasteiger partial charge in [0.1, 0.15) is 5.82 Å². The van der Waals surface area contributed by atoms with Crippen LogP contribution in [0, 0.1) is 5.82 Å². The summed E-state index contributed by atoms with van der Waals surface area (Å²) in [5.74, 6) is -4.59. The molecule has 2 N–H and O–H groups in total. The van der Waals surface area contributed by atoms with Gasteiger partial charge in [0.2, 0.25) is 5.01 Å². The van der Waals surface area contributed by atoms with Gasteiger partial charge in [0.15, 0.2) is 6.61 Å². The molecule has 0 saturated heterocycles. The van der Waals surface area contributed by atoms with Crippen LogP contribution in [0.25, 0.3) is 0 Å². The fourth-order valence-corrected chi connectivity index (χ4v) is 2.47. The molecule has 2 aromatic rings. The highest BCUT2D eigenvalue weighted by Crippen LogP contribution is 2.33. The summed E-state index contributed by atoms with van der Waals surface area (Å²) < 4.78 is 55.3. The average Bonchev–Trinajstić information content (AvgIpc) is 3.11. The minimum absolute atomic E-state index is 0.210. The van der Waals surface area contributed by atoms with E-state index in [1.54, 1.807) is 13.8 Å². The van der Waals surface area contributed by atoms with Crippen LogP contribution >= 0.6 is 11.3 Å². The van der Waals surface area contributed by atoms with Gasteiger partial charge >= 0.3 is 18.1 Å². The molecule has 0 aliphatic carbocycles. The Kier molecular flexibility index (Phi) is 8.64. The third kappa shape index (κ3) is 7.62. The molecule has 9 nitrogen and oxygen atoms in total. The van der Waals surface area contributed by atoms with Crippen LogP contribution < -0.4 is 9.64 Å². The largest absolute Gasteiger partial charge is 0.473 e. The number of ether oxygens (including phenoxy) is 1. The summed E-state index contributed by atoms with van der Waals surface area (Å²) in [7, 11) is 0. The second-order valence-corrected chi connectivity index (χ2v) is 6.54. The van der Waals surface area contributed by atoms with Crippen molar-refractivity contribution in [2.24, 2.45) is 0 Å². The Morgan fingerprint density at radius 3 is 2.03 bits per heavy atom. The van der Waals surface area contributed by atoms with E-state index in [-0.39, 0.29) is 22.6 Å². The highest BCUT2D eigenvalue weighted by atomic mass is 32.1. The van der Waals surface area contributed by atoms with Crippen LogP contribution in [0.4, 0.5) is 23.2 Å². The summed E-state index contributed by atoms with van der Waals surface area (Å²) in [5.41, 5.74) is 0.452. The molecule has 30 heavy (non-hydrogen) atoms. The molecule has 0 aliphatic heterocycles. The normalized spacial score (nSPS) is 10.8. The molecule has 0 bridgehead atoms. The fraction of sp³-hybridized carbons (Fsp3) is 0.312. The number of amides is 1. The highest BCUT2D eigenvalue weighted by Gasteiger charge is 2.36. The summed E-state index contributed by atoms with van der Waals surface area (Å²) in [4.78, 5) is 31.8. The van der Waals surface area contributed by atoms with Gasteiger partial charge in [-0.05, 0) is 38.1 Å². The molecule has 1 amide bonds. The quantitative estimate of drug-likeness (QED) is 0.522. The summed E-state index contributed by atoms with van der Waals surface area (Å²) in [6.45, 7) is 2.98. The number of rotatable bonds is 5. The van der Waals surface area contributed by atoms with Gasteiger partial charge in [0.05, 0.1) is 0 Å². The lowest BCUT2D eigenvalue weighted by atomic mass is 10.2. The standard InChI is InChI=1S/C14H13F4N3O2S.C2H2O4/c1-8(2)21(10-5-3-9(15)4-6-10)11(22)7-23-13-20-19-12(24-13)14(16,17)18;3-1(4)2(5)6/h3-6,8H,7H2,1-2H3;(H,3,4)(H,5,6). The monoisotopic (exact) mass is 453 g/mol. The molecule has 0 fully saturated rings. The van der Waals surface area contributed by atoms with Crippen LogP contribution in [0.15, 0.2) is 24.3 Å². The summed E-state index contributed by atoms with van der Waals surface area (Å²) in [5, 5.41) is 19.5. The van der Waals surface area contributed by atoms with Gasteiger partial charge in [-0.25, -0.2) is 14.0 Å². The number of anilines is 1. The van der Waals surface area contributed by atoms with Gasteiger partial charge in [-0.3, -0.25) is 4.79 Å². The van der Waals surface area contributed by atoms with E-state index in [0.717, 1.165) is 0 Å². The second-order valence-electron chi connectivity index (χ2n) is 5.60. The van der Waals surface area contributed by atoms with Crippen molar-refractivity contribution in [3.05, 3.63) is 35.1 Å². The number of carboxylic acids is 2. The molecule has 164 valence electrons. The summed E-state index contributed by atoms with van der Waals surface area (Å²) in [6, 6.07) is 5.02. The van der Waals surface area contributed by atoms with Crippen molar-refractivity contribution in [2.45, 2.75) is 26.1 Å². The average molecular weight is 453 g/mol. The first-order valence-corrected chi connectivity index (χ1v) is 8.72. The molecule has 2 rings (SSSR count). The predicted octanol–water partition coefficient (Wildman–Crippen LogP) is 2.67. The Morgan fingerprint density at radius 2 is 1.63 bits per heavy atom. The molecule has 0 saturated carbocycles. The van der Waals surface area contributed by atoms with Crippen LogP contribution in [0.2, 0.25) is 0 Å². The third-order valence-corrected chi connectivity index (χ3v) is 3.92. The van der Waals surface area contributed by atoms with Crippen LogP contribution in [-0.4, -0.2) is 50.9 Å². The second kappa shape index (κ2) is 10.5. The number of hydrogen-bond acceptors (Lipinski definition) is 7. The molecule has 1 aromatic heterocycles. The van der Waals surface area contributed by atoms with Gasteiger partial charge in [0.25, 0.3) is 11.1 Å². The molecule has 1 aromatic carbocycles. The molecule has 14 heteroatoms. The predicted molar refractivity (Wildman–Crippen MR) is 94.7 cm³/mol. The van der Waals surface area contributed by atoms with Crippen molar-refractivity contribution in [2.75, 3.05) is 11.5 Å². The Bertz CT molecular complexity index is 874. The van der Waals surface area contributed by atoms with E-state index >= 15 is 0 Å². The van der Waals surface area contributed by atoms with E-state index in [1.807, 2.05) is 0 Å². The highest BCUT2D eigenvalue weighted by molar-refractivity contribution is 7.13.